The second-order valence-electron chi connectivity index (χ2n) is 2.16. The molecule has 0 saturated heterocycles. The maximum absolute atomic E-state index is 5.52. The van der Waals surface area contributed by atoms with E-state index >= 15 is 0 Å². The zero-order valence-corrected chi connectivity index (χ0v) is 7.37. The van der Waals surface area contributed by atoms with Crippen LogP contribution < -0.4 is 22.7 Å². The average Bonchev–Trinajstić information content (AvgIpc) is 2.00. The minimum absolute atomic E-state index is 0.223. The molecule has 0 amide bonds. The molecule has 0 aliphatic rings. The summed E-state index contributed by atoms with van der Waals surface area (Å²) in [5, 5.41) is 0.223. The van der Waals surface area contributed by atoms with Crippen LogP contribution in [0.1, 0.15) is 13.8 Å². The Morgan fingerprint density at radius 1 is 1.18 bits per heavy atom. The number of rotatable bonds is 2. The molecule has 0 atom stereocenters. The van der Waals surface area contributed by atoms with Crippen molar-refractivity contribution in [2.24, 2.45) is 17.3 Å². The maximum Gasteiger partial charge on any atom is 0.114 e. The summed E-state index contributed by atoms with van der Waals surface area (Å²) in [6, 6.07) is 0. The molecule has 0 unspecified atom stereocenters. The smallest absolute Gasteiger partial charge is 0.114 e. The minimum Gasteiger partial charge on any atom is -0.389 e. The Bertz CT molecular complexity index is 203. The van der Waals surface area contributed by atoms with Crippen molar-refractivity contribution in [2.45, 2.75) is 13.8 Å². The lowest BCUT2D eigenvalue weighted by Gasteiger charge is -2.07. The van der Waals surface area contributed by atoms with Gasteiger partial charge in [0, 0.05) is 0 Å². The molecule has 11 heavy (non-hydrogen) atoms. The van der Waals surface area contributed by atoms with Gasteiger partial charge in [-0.3, -0.25) is 0 Å². The summed E-state index contributed by atoms with van der Waals surface area (Å²) in [4.78, 5) is 0. The summed E-state index contributed by atoms with van der Waals surface area (Å²) < 4.78 is 0. The predicted octanol–water partition coefficient (Wildman–Crippen LogP) is 0.0689. The summed E-state index contributed by atoms with van der Waals surface area (Å²) in [5.41, 5.74) is 14.6. The predicted molar refractivity (Wildman–Crippen MR) is 47.0 cm³/mol. The Balaban J connectivity index is 4.75. The van der Waals surface area contributed by atoms with Gasteiger partial charge in [-0.1, -0.05) is 11.6 Å². The van der Waals surface area contributed by atoms with Crippen molar-refractivity contribution < 1.29 is 0 Å². The second-order valence-corrected chi connectivity index (χ2v) is 2.56. The van der Waals surface area contributed by atoms with E-state index in [1.807, 2.05) is 0 Å². The van der Waals surface area contributed by atoms with Gasteiger partial charge in [-0.05, 0) is 25.0 Å². The van der Waals surface area contributed by atoms with Gasteiger partial charge in [0.15, 0.2) is 0 Å². The van der Waals surface area contributed by atoms with Gasteiger partial charge in [-0.25, -0.2) is 5.84 Å². The first-order valence-electron chi connectivity index (χ1n) is 3.06. The monoisotopic (exact) mass is 176 g/mol. The van der Waals surface area contributed by atoms with Crippen molar-refractivity contribution in [2.75, 3.05) is 0 Å². The Kier molecular flexibility index (Phi) is 3.78. The Labute approximate surface area is 71.0 Å². The van der Waals surface area contributed by atoms with E-state index < -0.39 is 0 Å². The van der Waals surface area contributed by atoms with Crippen LogP contribution in [0.2, 0.25) is 0 Å². The summed E-state index contributed by atoms with van der Waals surface area (Å²) in [6.07, 6.45) is 0. The van der Waals surface area contributed by atoms with Crippen LogP contribution in [-0.4, -0.2) is 0 Å². The molecule has 0 saturated carbocycles. The summed E-state index contributed by atoms with van der Waals surface area (Å²) in [7, 11) is 0. The molecule has 0 heterocycles. The number of hydrogen-bond acceptors (Lipinski definition) is 4. The van der Waals surface area contributed by atoms with Crippen LogP contribution in [0.25, 0.3) is 0 Å². The third-order valence-corrected chi connectivity index (χ3v) is 1.76. The molecule has 0 bridgehead atoms. The molecule has 0 radical (unpaired) electrons. The first-order valence-corrected chi connectivity index (χ1v) is 3.43. The molecular weight excluding hydrogens is 164 g/mol. The standard InChI is InChI=1S/C6H13ClN4/c1-3(5(7)8)4(2)6(9)11-10/h11H,8-10H2,1-2H3/b5-3-,6-4+. The van der Waals surface area contributed by atoms with Crippen molar-refractivity contribution >= 4 is 11.6 Å². The van der Waals surface area contributed by atoms with E-state index in [4.69, 9.17) is 28.9 Å². The number of allylic oxidation sites excluding steroid dienone is 2. The molecule has 0 aromatic rings. The quantitative estimate of drug-likeness (QED) is 0.208. The Hall–Kier alpha value is -0.870. The van der Waals surface area contributed by atoms with E-state index in [9.17, 15) is 0 Å². The van der Waals surface area contributed by atoms with Gasteiger partial charge < -0.3 is 16.9 Å². The summed E-state index contributed by atoms with van der Waals surface area (Å²) >= 11 is 5.52. The molecule has 0 fully saturated rings. The SMILES string of the molecule is CC(=C(/N)Cl)/C(C)=C(\N)NN. The summed E-state index contributed by atoms with van der Waals surface area (Å²) in [6.45, 7) is 3.54. The van der Waals surface area contributed by atoms with Crippen LogP contribution in [-0.2, 0) is 0 Å². The Morgan fingerprint density at radius 2 is 1.64 bits per heavy atom. The van der Waals surface area contributed by atoms with E-state index in [0.29, 0.717) is 5.82 Å². The van der Waals surface area contributed by atoms with Gasteiger partial charge in [0.05, 0.1) is 0 Å². The molecule has 5 heteroatoms. The number of nitrogens with one attached hydrogen (secondary N) is 1. The van der Waals surface area contributed by atoms with Gasteiger partial charge >= 0.3 is 0 Å². The highest BCUT2D eigenvalue weighted by Crippen LogP contribution is 2.13. The third kappa shape index (κ3) is 2.69. The Morgan fingerprint density at radius 3 is 1.91 bits per heavy atom. The average molecular weight is 177 g/mol. The van der Waals surface area contributed by atoms with Crippen LogP contribution >= 0.6 is 11.6 Å². The van der Waals surface area contributed by atoms with E-state index in [1.54, 1.807) is 13.8 Å². The van der Waals surface area contributed by atoms with E-state index in [2.05, 4.69) is 5.43 Å². The zero-order chi connectivity index (χ0) is 9.02. The highest BCUT2D eigenvalue weighted by Gasteiger charge is 2.01. The van der Waals surface area contributed by atoms with Gasteiger partial charge in [-0.2, -0.15) is 0 Å². The number of hydrazine groups is 1. The highest BCUT2D eigenvalue weighted by molar-refractivity contribution is 6.29. The third-order valence-electron chi connectivity index (χ3n) is 1.48. The molecule has 0 aromatic carbocycles. The topological polar surface area (TPSA) is 90.1 Å². The van der Waals surface area contributed by atoms with Gasteiger partial charge in [-0.15, -0.1) is 0 Å². The normalized spacial score (nSPS) is 15.3. The van der Waals surface area contributed by atoms with Gasteiger partial charge in [0.2, 0.25) is 0 Å². The van der Waals surface area contributed by atoms with Crippen molar-refractivity contribution in [1.29, 1.82) is 0 Å². The van der Waals surface area contributed by atoms with Crippen LogP contribution in [0.4, 0.5) is 0 Å². The number of halogens is 1. The fraction of sp³-hybridized carbons (Fsp3) is 0.333. The molecule has 7 N–H and O–H groups in total. The van der Waals surface area contributed by atoms with Crippen molar-refractivity contribution in [3.05, 3.63) is 22.1 Å². The van der Waals surface area contributed by atoms with Crippen molar-refractivity contribution in [1.82, 2.24) is 5.43 Å². The largest absolute Gasteiger partial charge is 0.389 e. The molecule has 0 spiro atoms. The molecule has 4 nitrogen and oxygen atoms in total. The maximum atomic E-state index is 5.52. The molecular formula is C6H13ClN4. The lowest BCUT2D eigenvalue weighted by Crippen LogP contribution is -2.28. The lowest BCUT2D eigenvalue weighted by atomic mass is 10.1. The molecule has 0 aromatic heterocycles. The second kappa shape index (κ2) is 4.10. The van der Waals surface area contributed by atoms with Crippen molar-refractivity contribution in [3.8, 4) is 0 Å². The van der Waals surface area contributed by atoms with E-state index in [-0.39, 0.29) is 5.16 Å². The van der Waals surface area contributed by atoms with Crippen LogP contribution in [0.15, 0.2) is 22.1 Å². The molecule has 0 rings (SSSR count). The van der Waals surface area contributed by atoms with Crippen LogP contribution in [0.5, 0.6) is 0 Å². The van der Waals surface area contributed by atoms with Crippen LogP contribution in [0.3, 0.4) is 0 Å². The number of nitrogens with two attached hydrogens (primary N) is 3. The van der Waals surface area contributed by atoms with E-state index in [1.165, 1.54) is 0 Å². The lowest BCUT2D eigenvalue weighted by molar-refractivity contribution is 0.850. The molecule has 0 aliphatic carbocycles. The van der Waals surface area contributed by atoms with E-state index in [0.717, 1.165) is 11.1 Å². The van der Waals surface area contributed by atoms with Gasteiger partial charge in [0.25, 0.3) is 0 Å². The summed E-state index contributed by atoms with van der Waals surface area (Å²) in [5.74, 6) is 5.44. The fourth-order valence-corrected chi connectivity index (χ4v) is 0.631. The fourth-order valence-electron chi connectivity index (χ4n) is 0.489. The van der Waals surface area contributed by atoms with Crippen molar-refractivity contribution in [3.63, 3.8) is 0 Å². The number of hydrogen-bond donors (Lipinski definition) is 4. The first-order chi connectivity index (χ1) is 5.00. The molecule has 0 aliphatic heterocycles. The first kappa shape index (κ1) is 10.1. The molecule has 64 valence electrons. The minimum atomic E-state index is 0.223. The van der Waals surface area contributed by atoms with Gasteiger partial charge in [0.1, 0.15) is 11.0 Å². The van der Waals surface area contributed by atoms with Crippen LogP contribution in [0, 0.1) is 0 Å². The zero-order valence-electron chi connectivity index (χ0n) is 6.61. The highest BCUT2D eigenvalue weighted by atomic mass is 35.5.